The summed E-state index contributed by atoms with van der Waals surface area (Å²) in [4.78, 5) is 4.44. The summed E-state index contributed by atoms with van der Waals surface area (Å²) in [5.74, 6) is 0. The summed E-state index contributed by atoms with van der Waals surface area (Å²) < 4.78 is 2.87. The molecule has 0 radical (unpaired) electrons. The van der Waals surface area contributed by atoms with Crippen molar-refractivity contribution in [3.63, 3.8) is 0 Å². The van der Waals surface area contributed by atoms with Gasteiger partial charge in [-0.2, -0.15) is 0 Å². The number of nitrogens with zero attached hydrogens (tertiary/aromatic N) is 3. The largest absolute Gasteiger partial charge is 0.313 e. The predicted octanol–water partition coefficient (Wildman–Crippen LogP) is 3.05. The van der Waals surface area contributed by atoms with Gasteiger partial charge in [-0.15, -0.1) is 0 Å². The molecule has 0 spiro atoms. The molecule has 0 saturated carbocycles. The Morgan fingerprint density at radius 3 is 2.94 bits per heavy atom. The van der Waals surface area contributed by atoms with E-state index >= 15 is 0 Å². The van der Waals surface area contributed by atoms with Crippen LogP contribution in [0.15, 0.2) is 24.4 Å². The highest BCUT2D eigenvalue weighted by Crippen LogP contribution is 2.15. The monoisotopic (exact) mass is 247 g/mol. The van der Waals surface area contributed by atoms with Gasteiger partial charge in [-0.05, 0) is 37.1 Å². The summed E-state index contributed by atoms with van der Waals surface area (Å²) in [6.45, 7) is 5.17. The zero-order valence-corrected chi connectivity index (χ0v) is 11.3. The van der Waals surface area contributed by atoms with Crippen molar-refractivity contribution in [2.24, 2.45) is 0 Å². The second-order valence-electron chi connectivity index (χ2n) is 4.24. The Balaban J connectivity index is 2.74. The van der Waals surface area contributed by atoms with Crippen LogP contribution in [0.4, 0.5) is 0 Å². The number of pyridine rings is 2. The number of rotatable bonds is 3. The average Bonchev–Trinajstić information content (AvgIpc) is 2.31. The number of fused-ring (bicyclic) bond motifs is 1. The molecule has 0 atom stereocenters. The van der Waals surface area contributed by atoms with E-state index in [9.17, 15) is 0 Å². The SMILES string of the molecule is CCCN(C)n1c(=S)c(C)cc2cccnc21. The van der Waals surface area contributed by atoms with Crippen molar-refractivity contribution in [2.75, 3.05) is 18.6 Å². The van der Waals surface area contributed by atoms with Gasteiger partial charge in [0.05, 0.1) is 0 Å². The molecule has 0 unspecified atom stereocenters. The van der Waals surface area contributed by atoms with Crippen molar-refractivity contribution in [1.29, 1.82) is 0 Å². The minimum Gasteiger partial charge on any atom is -0.313 e. The first-order valence-electron chi connectivity index (χ1n) is 5.84. The fourth-order valence-corrected chi connectivity index (χ4v) is 2.28. The molecule has 0 fully saturated rings. The molecule has 2 rings (SSSR count). The molecule has 4 heteroatoms. The van der Waals surface area contributed by atoms with Crippen LogP contribution in [0.3, 0.4) is 0 Å². The first kappa shape index (κ1) is 12.0. The zero-order chi connectivity index (χ0) is 12.4. The Hall–Kier alpha value is -1.42. The third-order valence-electron chi connectivity index (χ3n) is 2.81. The summed E-state index contributed by atoms with van der Waals surface area (Å²) in [7, 11) is 2.05. The van der Waals surface area contributed by atoms with Gasteiger partial charge < -0.3 is 5.01 Å². The molecular formula is C13H17N3S. The highest BCUT2D eigenvalue weighted by Gasteiger charge is 2.07. The van der Waals surface area contributed by atoms with Crippen LogP contribution >= 0.6 is 12.2 Å². The lowest BCUT2D eigenvalue weighted by Crippen LogP contribution is -2.32. The quantitative estimate of drug-likeness (QED) is 0.778. The second-order valence-corrected chi connectivity index (χ2v) is 4.63. The molecule has 3 nitrogen and oxygen atoms in total. The minimum absolute atomic E-state index is 0.840. The maximum atomic E-state index is 5.49. The summed E-state index contributed by atoms with van der Waals surface area (Å²) in [6.07, 6.45) is 2.89. The van der Waals surface area contributed by atoms with Gasteiger partial charge in [-0.3, -0.25) is 0 Å². The van der Waals surface area contributed by atoms with E-state index in [-0.39, 0.29) is 0 Å². The normalized spacial score (nSPS) is 10.8. The Bertz CT molecular complexity index is 589. The predicted molar refractivity (Wildman–Crippen MR) is 74.6 cm³/mol. The lowest BCUT2D eigenvalue weighted by Gasteiger charge is -2.24. The molecular weight excluding hydrogens is 230 g/mol. The zero-order valence-electron chi connectivity index (χ0n) is 10.5. The van der Waals surface area contributed by atoms with Crippen LogP contribution in [0.1, 0.15) is 18.9 Å². The molecule has 0 aliphatic carbocycles. The van der Waals surface area contributed by atoms with Crippen molar-refractivity contribution in [3.8, 4) is 0 Å². The fourth-order valence-electron chi connectivity index (χ4n) is 2.00. The van der Waals surface area contributed by atoms with Crippen LogP contribution in [-0.4, -0.2) is 23.3 Å². The topological polar surface area (TPSA) is 21.1 Å². The van der Waals surface area contributed by atoms with Crippen LogP contribution in [0, 0.1) is 11.6 Å². The van der Waals surface area contributed by atoms with Gasteiger partial charge in [0.15, 0.2) is 5.65 Å². The molecule has 90 valence electrons. The molecule has 0 amide bonds. The number of aromatic nitrogens is 2. The van der Waals surface area contributed by atoms with E-state index in [1.807, 2.05) is 30.9 Å². The molecule has 2 aromatic heterocycles. The smallest absolute Gasteiger partial charge is 0.159 e. The molecule has 2 aromatic rings. The molecule has 0 bridgehead atoms. The number of hydrogen-bond acceptors (Lipinski definition) is 3. The van der Waals surface area contributed by atoms with Gasteiger partial charge in [0.1, 0.15) is 4.64 Å². The van der Waals surface area contributed by atoms with Crippen LogP contribution in [-0.2, 0) is 0 Å². The van der Waals surface area contributed by atoms with E-state index in [1.165, 1.54) is 0 Å². The van der Waals surface area contributed by atoms with E-state index < -0.39 is 0 Å². The molecule has 0 N–H and O–H groups in total. The Morgan fingerprint density at radius 2 is 2.24 bits per heavy atom. The van der Waals surface area contributed by atoms with Gasteiger partial charge in [0, 0.05) is 25.2 Å². The van der Waals surface area contributed by atoms with Gasteiger partial charge in [0.25, 0.3) is 0 Å². The van der Waals surface area contributed by atoms with E-state index in [1.54, 1.807) is 0 Å². The number of aryl methyl sites for hydroxylation is 1. The van der Waals surface area contributed by atoms with Crippen LogP contribution in [0.25, 0.3) is 11.0 Å². The van der Waals surface area contributed by atoms with Crippen molar-refractivity contribution in [3.05, 3.63) is 34.6 Å². The van der Waals surface area contributed by atoms with E-state index in [0.29, 0.717) is 0 Å². The molecule has 2 heterocycles. The van der Waals surface area contributed by atoms with Crippen molar-refractivity contribution < 1.29 is 0 Å². The first-order valence-corrected chi connectivity index (χ1v) is 6.24. The summed E-state index contributed by atoms with van der Waals surface area (Å²) in [5, 5.41) is 3.26. The van der Waals surface area contributed by atoms with E-state index in [0.717, 1.165) is 34.2 Å². The van der Waals surface area contributed by atoms with Crippen LogP contribution in [0.5, 0.6) is 0 Å². The molecule has 0 aliphatic rings. The molecule has 0 aliphatic heterocycles. The van der Waals surface area contributed by atoms with Gasteiger partial charge >= 0.3 is 0 Å². The van der Waals surface area contributed by atoms with Crippen molar-refractivity contribution >= 4 is 23.3 Å². The first-order chi connectivity index (χ1) is 8.15. The van der Waals surface area contributed by atoms with Gasteiger partial charge in [-0.1, -0.05) is 19.1 Å². The fraction of sp³-hybridized carbons (Fsp3) is 0.385. The summed E-state index contributed by atoms with van der Waals surface area (Å²) >= 11 is 5.49. The highest BCUT2D eigenvalue weighted by molar-refractivity contribution is 7.71. The van der Waals surface area contributed by atoms with Crippen LogP contribution < -0.4 is 5.01 Å². The average molecular weight is 247 g/mol. The summed E-state index contributed by atoms with van der Waals surface area (Å²) in [6, 6.07) is 6.12. The Kier molecular flexibility index (Phi) is 3.43. The Labute approximate surface area is 107 Å². The molecule has 17 heavy (non-hydrogen) atoms. The third kappa shape index (κ3) is 2.17. The highest BCUT2D eigenvalue weighted by atomic mass is 32.1. The number of hydrogen-bond donors (Lipinski definition) is 0. The standard InChI is InChI=1S/C13H17N3S/c1-4-8-15(3)16-12-11(6-5-7-14-12)9-10(2)13(16)17/h5-7,9H,4,8H2,1-3H3. The maximum Gasteiger partial charge on any atom is 0.159 e. The minimum atomic E-state index is 0.840. The summed E-state index contributed by atoms with van der Waals surface area (Å²) in [5.41, 5.74) is 2.04. The van der Waals surface area contributed by atoms with Crippen LogP contribution in [0.2, 0.25) is 0 Å². The lowest BCUT2D eigenvalue weighted by atomic mass is 10.2. The second kappa shape index (κ2) is 4.84. The van der Waals surface area contributed by atoms with Crippen molar-refractivity contribution in [2.45, 2.75) is 20.3 Å². The van der Waals surface area contributed by atoms with Gasteiger partial charge in [0.2, 0.25) is 0 Å². The van der Waals surface area contributed by atoms with E-state index in [2.05, 4.69) is 29.0 Å². The maximum absolute atomic E-state index is 5.49. The molecule has 0 saturated heterocycles. The van der Waals surface area contributed by atoms with Gasteiger partial charge in [-0.25, -0.2) is 9.66 Å². The third-order valence-corrected chi connectivity index (χ3v) is 3.30. The Morgan fingerprint density at radius 1 is 1.47 bits per heavy atom. The van der Waals surface area contributed by atoms with Crippen molar-refractivity contribution in [1.82, 2.24) is 9.66 Å². The molecule has 0 aromatic carbocycles. The van der Waals surface area contributed by atoms with E-state index in [4.69, 9.17) is 12.2 Å². The lowest BCUT2D eigenvalue weighted by molar-refractivity contribution is 0.641.